The van der Waals surface area contributed by atoms with Crippen LogP contribution in [0, 0.1) is 11.6 Å². The van der Waals surface area contributed by atoms with Gasteiger partial charge < -0.3 is 11.1 Å². The van der Waals surface area contributed by atoms with Crippen LogP contribution in [0.5, 0.6) is 0 Å². The van der Waals surface area contributed by atoms with Gasteiger partial charge in [0.2, 0.25) is 0 Å². The molecule has 0 unspecified atom stereocenters. The van der Waals surface area contributed by atoms with Crippen LogP contribution < -0.4 is 11.1 Å². The van der Waals surface area contributed by atoms with Crippen molar-refractivity contribution in [1.29, 1.82) is 0 Å². The minimum atomic E-state index is -0.742. The van der Waals surface area contributed by atoms with Gasteiger partial charge in [-0.25, -0.2) is 8.78 Å². The maximum atomic E-state index is 13.3. The van der Waals surface area contributed by atoms with Gasteiger partial charge in [0.25, 0.3) is 5.91 Å². The van der Waals surface area contributed by atoms with Crippen molar-refractivity contribution in [3.8, 4) is 0 Å². The first-order valence-electron chi connectivity index (χ1n) is 4.92. The summed E-state index contributed by atoms with van der Waals surface area (Å²) in [5.41, 5.74) is 5.00. The summed E-state index contributed by atoms with van der Waals surface area (Å²) in [6.45, 7) is 0. The molecule has 92 valence electrons. The number of amides is 1. The third-order valence-corrected chi connectivity index (χ3v) is 2.09. The molecule has 0 bridgehead atoms. The Morgan fingerprint density at radius 3 is 2.61 bits per heavy atom. The second-order valence-electron chi connectivity index (χ2n) is 3.42. The molecule has 1 heterocycles. The van der Waals surface area contributed by atoms with Gasteiger partial charge in [0.15, 0.2) is 5.69 Å². The van der Waals surface area contributed by atoms with E-state index in [9.17, 15) is 13.6 Å². The van der Waals surface area contributed by atoms with Crippen LogP contribution in [0.4, 0.5) is 20.3 Å². The van der Waals surface area contributed by atoms with Crippen molar-refractivity contribution in [3.63, 3.8) is 0 Å². The molecule has 18 heavy (non-hydrogen) atoms. The number of aromatic nitrogens is 2. The lowest BCUT2D eigenvalue weighted by Gasteiger charge is -2.05. The van der Waals surface area contributed by atoms with Crippen molar-refractivity contribution in [3.05, 3.63) is 47.7 Å². The lowest BCUT2D eigenvalue weighted by atomic mass is 10.2. The lowest BCUT2D eigenvalue weighted by Crippen LogP contribution is -2.15. The Hall–Kier alpha value is -2.57. The highest BCUT2D eigenvalue weighted by molar-refractivity contribution is 6.02. The number of nitrogen functional groups attached to an aromatic ring is 1. The number of rotatable bonds is 2. The average molecular weight is 250 g/mol. The molecule has 7 heteroatoms. The van der Waals surface area contributed by atoms with E-state index < -0.39 is 17.5 Å². The minimum absolute atomic E-state index is 0.0483. The zero-order valence-electron chi connectivity index (χ0n) is 9.02. The summed E-state index contributed by atoms with van der Waals surface area (Å²) < 4.78 is 26.2. The molecule has 0 fully saturated rings. The number of hydrogen-bond donors (Lipinski definition) is 2. The van der Waals surface area contributed by atoms with Gasteiger partial charge in [-0.3, -0.25) is 4.79 Å². The summed E-state index contributed by atoms with van der Waals surface area (Å²) >= 11 is 0. The number of benzene rings is 1. The summed E-state index contributed by atoms with van der Waals surface area (Å²) in [6, 6.07) is 5.45. The lowest BCUT2D eigenvalue weighted by molar-refractivity contribution is 0.102. The van der Waals surface area contributed by atoms with E-state index in [0.717, 1.165) is 18.2 Å². The fraction of sp³-hybridized carbons (Fsp3) is 0. The number of halogens is 2. The normalized spacial score (nSPS) is 10.1. The Labute approximate surface area is 101 Å². The first-order chi connectivity index (χ1) is 8.56. The van der Waals surface area contributed by atoms with Gasteiger partial charge in [-0.1, -0.05) is 0 Å². The van der Waals surface area contributed by atoms with E-state index >= 15 is 0 Å². The van der Waals surface area contributed by atoms with E-state index in [2.05, 4.69) is 15.5 Å². The minimum Gasteiger partial charge on any atom is -0.382 e. The topological polar surface area (TPSA) is 80.9 Å². The van der Waals surface area contributed by atoms with Crippen molar-refractivity contribution in [2.24, 2.45) is 0 Å². The SMILES string of the molecule is Nc1ccc(C(=O)Nc2cc(F)ccc2F)nn1. The Morgan fingerprint density at radius 2 is 1.94 bits per heavy atom. The summed E-state index contributed by atoms with van der Waals surface area (Å²) in [5, 5.41) is 9.19. The quantitative estimate of drug-likeness (QED) is 0.848. The van der Waals surface area contributed by atoms with Gasteiger partial charge in [-0.15, -0.1) is 10.2 Å². The molecule has 0 aliphatic heterocycles. The van der Waals surface area contributed by atoms with E-state index in [1.54, 1.807) is 0 Å². The van der Waals surface area contributed by atoms with E-state index in [1.807, 2.05) is 0 Å². The molecule has 1 aromatic heterocycles. The maximum absolute atomic E-state index is 13.3. The Morgan fingerprint density at radius 1 is 1.17 bits per heavy atom. The second-order valence-corrected chi connectivity index (χ2v) is 3.42. The number of nitrogens with two attached hydrogens (primary N) is 1. The Bertz CT molecular complexity index is 586. The smallest absolute Gasteiger partial charge is 0.276 e. The summed E-state index contributed by atoms with van der Waals surface area (Å²) in [4.78, 5) is 11.6. The highest BCUT2D eigenvalue weighted by Crippen LogP contribution is 2.15. The Kier molecular flexibility index (Phi) is 3.13. The number of anilines is 2. The van der Waals surface area contributed by atoms with Crippen LogP contribution in [0.3, 0.4) is 0 Å². The van der Waals surface area contributed by atoms with Gasteiger partial charge in [0, 0.05) is 6.07 Å². The molecule has 1 amide bonds. The van der Waals surface area contributed by atoms with Crippen molar-refractivity contribution in [2.45, 2.75) is 0 Å². The van der Waals surface area contributed by atoms with Gasteiger partial charge in [0.1, 0.15) is 17.5 Å². The zero-order chi connectivity index (χ0) is 13.1. The average Bonchev–Trinajstić information content (AvgIpc) is 2.34. The standard InChI is InChI=1S/C11H8F2N4O/c12-6-1-2-7(13)9(5-6)15-11(18)8-3-4-10(14)17-16-8/h1-5H,(H2,14,17)(H,15,18). The zero-order valence-corrected chi connectivity index (χ0v) is 9.02. The molecule has 0 radical (unpaired) electrons. The molecule has 5 nitrogen and oxygen atoms in total. The van der Waals surface area contributed by atoms with Crippen LogP contribution in [0.2, 0.25) is 0 Å². The maximum Gasteiger partial charge on any atom is 0.276 e. The van der Waals surface area contributed by atoms with Crippen LogP contribution in [0.25, 0.3) is 0 Å². The van der Waals surface area contributed by atoms with Gasteiger partial charge in [0.05, 0.1) is 5.69 Å². The Balaban J connectivity index is 2.21. The fourth-order valence-electron chi connectivity index (χ4n) is 1.24. The molecule has 3 N–H and O–H groups in total. The van der Waals surface area contributed by atoms with E-state index in [0.29, 0.717) is 0 Å². The van der Waals surface area contributed by atoms with Crippen LogP contribution in [-0.4, -0.2) is 16.1 Å². The molecular weight excluding hydrogens is 242 g/mol. The number of nitrogens with zero attached hydrogens (tertiary/aromatic N) is 2. The summed E-state index contributed by atoms with van der Waals surface area (Å²) in [6.07, 6.45) is 0. The molecule has 0 saturated heterocycles. The number of nitrogens with one attached hydrogen (secondary N) is 1. The highest BCUT2D eigenvalue weighted by atomic mass is 19.1. The third kappa shape index (κ3) is 2.57. The monoisotopic (exact) mass is 250 g/mol. The van der Waals surface area contributed by atoms with Gasteiger partial charge in [-0.2, -0.15) is 0 Å². The van der Waals surface area contributed by atoms with Crippen molar-refractivity contribution in [1.82, 2.24) is 10.2 Å². The predicted octanol–water partition coefficient (Wildman–Crippen LogP) is 1.59. The first-order valence-corrected chi connectivity index (χ1v) is 4.92. The number of carbonyl (C=O) groups excluding carboxylic acids is 1. The molecular formula is C11H8F2N4O. The number of carbonyl (C=O) groups is 1. The first kappa shape index (κ1) is 11.9. The van der Waals surface area contributed by atoms with E-state index in [4.69, 9.17) is 5.73 Å². The van der Waals surface area contributed by atoms with Crippen molar-refractivity contribution in [2.75, 3.05) is 11.1 Å². The van der Waals surface area contributed by atoms with Gasteiger partial charge >= 0.3 is 0 Å². The fourth-order valence-corrected chi connectivity index (χ4v) is 1.24. The summed E-state index contributed by atoms with van der Waals surface area (Å²) in [7, 11) is 0. The van der Waals surface area contributed by atoms with Gasteiger partial charge in [-0.05, 0) is 24.3 Å². The predicted molar refractivity (Wildman–Crippen MR) is 60.8 cm³/mol. The summed E-state index contributed by atoms with van der Waals surface area (Å²) in [5.74, 6) is -1.95. The van der Waals surface area contributed by atoms with Crippen LogP contribution in [0.15, 0.2) is 30.3 Å². The van der Waals surface area contributed by atoms with E-state index in [-0.39, 0.29) is 17.2 Å². The molecule has 0 atom stereocenters. The molecule has 2 aromatic rings. The third-order valence-electron chi connectivity index (χ3n) is 2.09. The van der Waals surface area contributed by atoms with Crippen molar-refractivity contribution < 1.29 is 13.6 Å². The molecule has 1 aromatic carbocycles. The molecule has 2 rings (SSSR count). The van der Waals surface area contributed by atoms with E-state index in [1.165, 1.54) is 12.1 Å². The van der Waals surface area contributed by atoms with Crippen LogP contribution in [0.1, 0.15) is 10.5 Å². The largest absolute Gasteiger partial charge is 0.382 e. The number of hydrogen-bond acceptors (Lipinski definition) is 4. The highest BCUT2D eigenvalue weighted by Gasteiger charge is 2.11. The second kappa shape index (κ2) is 4.74. The van der Waals surface area contributed by atoms with Crippen LogP contribution in [-0.2, 0) is 0 Å². The molecule has 0 spiro atoms. The van der Waals surface area contributed by atoms with Crippen LogP contribution >= 0.6 is 0 Å². The molecule has 0 aliphatic rings. The van der Waals surface area contributed by atoms with Crippen molar-refractivity contribution >= 4 is 17.4 Å². The molecule has 0 aliphatic carbocycles. The molecule has 0 saturated carbocycles.